The molecular weight excluding hydrogens is 475 g/mol. The van der Waals surface area contributed by atoms with Crippen molar-refractivity contribution in [2.75, 3.05) is 20.1 Å². The summed E-state index contributed by atoms with van der Waals surface area (Å²) in [5, 5.41) is 7.01. The molecule has 5 nitrogen and oxygen atoms in total. The highest BCUT2D eigenvalue weighted by atomic mass is 127. The maximum atomic E-state index is 6.05. The quantitative estimate of drug-likeness (QED) is 0.339. The highest BCUT2D eigenvalue weighted by Crippen LogP contribution is 2.24. The molecule has 2 aromatic rings. The van der Waals surface area contributed by atoms with Gasteiger partial charge in [-0.1, -0.05) is 36.4 Å². The van der Waals surface area contributed by atoms with Crippen molar-refractivity contribution in [2.45, 2.75) is 45.3 Å². The van der Waals surface area contributed by atoms with Gasteiger partial charge in [-0.25, -0.2) is 0 Å². The van der Waals surface area contributed by atoms with Crippen LogP contribution >= 0.6 is 24.0 Å². The summed E-state index contributed by atoms with van der Waals surface area (Å²) in [5.74, 6) is 2.55. The second-order valence-corrected chi connectivity index (χ2v) is 7.50. The summed E-state index contributed by atoms with van der Waals surface area (Å²) in [7, 11) is 1.82. The first-order valence-electron chi connectivity index (χ1n) is 10.2. The summed E-state index contributed by atoms with van der Waals surface area (Å²) in [6.45, 7) is 7.47. The number of piperidine rings is 1. The van der Waals surface area contributed by atoms with Crippen LogP contribution in [-0.2, 0) is 6.54 Å². The third kappa shape index (κ3) is 7.19. The van der Waals surface area contributed by atoms with Gasteiger partial charge in [0.25, 0.3) is 0 Å². The Kier molecular flexibility index (Phi) is 9.73. The van der Waals surface area contributed by atoms with Crippen LogP contribution in [-0.4, -0.2) is 43.1 Å². The lowest BCUT2D eigenvalue weighted by molar-refractivity contribution is 0.167. The molecule has 29 heavy (non-hydrogen) atoms. The Labute approximate surface area is 192 Å². The monoisotopic (exact) mass is 508 g/mol. The van der Waals surface area contributed by atoms with E-state index in [0.29, 0.717) is 18.6 Å². The van der Waals surface area contributed by atoms with Gasteiger partial charge in [-0.3, -0.25) is 4.99 Å². The number of halogens is 1. The fourth-order valence-corrected chi connectivity index (χ4v) is 3.49. The number of ether oxygens (including phenoxy) is 1. The van der Waals surface area contributed by atoms with Crippen LogP contribution in [0.5, 0.6) is 11.5 Å². The molecule has 0 unspecified atom stereocenters. The molecule has 158 valence electrons. The Morgan fingerprint density at radius 2 is 1.72 bits per heavy atom. The molecule has 6 heteroatoms. The molecule has 0 aromatic heterocycles. The van der Waals surface area contributed by atoms with Gasteiger partial charge in [0.15, 0.2) is 5.96 Å². The minimum atomic E-state index is 0. The second-order valence-electron chi connectivity index (χ2n) is 7.50. The number of hydrogen-bond donors (Lipinski definition) is 2. The number of likely N-dealkylation sites (tertiary alicyclic amines) is 1. The van der Waals surface area contributed by atoms with Gasteiger partial charge in [-0.15, -0.1) is 24.0 Å². The van der Waals surface area contributed by atoms with Gasteiger partial charge in [0.1, 0.15) is 11.5 Å². The van der Waals surface area contributed by atoms with Crippen LogP contribution in [0.3, 0.4) is 0 Å². The second kappa shape index (κ2) is 12.0. The van der Waals surface area contributed by atoms with E-state index in [9.17, 15) is 0 Å². The number of para-hydroxylation sites is 2. The molecule has 0 aliphatic carbocycles. The summed E-state index contributed by atoms with van der Waals surface area (Å²) in [6.07, 6.45) is 2.29. The average molecular weight is 508 g/mol. The van der Waals surface area contributed by atoms with E-state index in [2.05, 4.69) is 40.4 Å². The van der Waals surface area contributed by atoms with Gasteiger partial charge in [-0.05, 0) is 44.9 Å². The molecule has 0 radical (unpaired) electrons. The van der Waals surface area contributed by atoms with E-state index in [4.69, 9.17) is 4.74 Å². The molecule has 3 rings (SSSR count). The first-order valence-corrected chi connectivity index (χ1v) is 10.2. The number of guanidine groups is 1. The molecule has 2 N–H and O–H groups in total. The van der Waals surface area contributed by atoms with Crippen LogP contribution in [0.25, 0.3) is 0 Å². The summed E-state index contributed by atoms with van der Waals surface area (Å²) in [5.41, 5.74) is 1.10. The van der Waals surface area contributed by atoms with Crippen molar-refractivity contribution >= 4 is 29.9 Å². The number of nitrogens with one attached hydrogen (secondary N) is 2. The van der Waals surface area contributed by atoms with Crippen molar-refractivity contribution in [1.82, 2.24) is 15.5 Å². The van der Waals surface area contributed by atoms with Crippen molar-refractivity contribution in [3.05, 3.63) is 60.2 Å². The minimum Gasteiger partial charge on any atom is -0.457 e. The van der Waals surface area contributed by atoms with Gasteiger partial charge in [0.05, 0.1) is 0 Å². The highest BCUT2D eigenvalue weighted by Gasteiger charge is 2.21. The molecule has 1 fully saturated rings. The number of nitrogens with zero attached hydrogens (tertiary/aromatic N) is 2. The average Bonchev–Trinajstić information content (AvgIpc) is 2.73. The normalized spacial score (nSPS) is 15.7. The molecule has 0 amide bonds. The predicted molar refractivity (Wildman–Crippen MR) is 131 cm³/mol. The van der Waals surface area contributed by atoms with Crippen molar-refractivity contribution in [3.63, 3.8) is 0 Å². The maximum absolute atomic E-state index is 6.05. The summed E-state index contributed by atoms with van der Waals surface area (Å²) in [6, 6.07) is 19.1. The molecule has 1 saturated heterocycles. The van der Waals surface area contributed by atoms with Crippen LogP contribution in [0.4, 0.5) is 0 Å². The standard InChI is InChI=1S/C23H32N4O.HI/c1-18(2)27-15-13-20(14-16-27)26-23(24-3)25-17-19-9-7-8-12-22(19)28-21-10-5-4-6-11-21;/h4-12,18,20H,13-17H2,1-3H3,(H2,24,25,26);1H. The third-order valence-electron chi connectivity index (χ3n) is 5.21. The fourth-order valence-electron chi connectivity index (χ4n) is 3.49. The number of benzene rings is 2. The van der Waals surface area contributed by atoms with Crippen molar-refractivity contribution in [1.29, 1.82) is 0 Å². The zero-order valence-electron chi connectivity index (χ0n) is 17.6. The number of aliphatic imine (C=N–C) groups is 1. The lowest BCUT2D eigenvalue weighted by Gasteiger charge is -2.35. The van der Waals surface area contributed by atoms with Gasteiger partial charge < -0.3 is 20.3 Å². The van der Waals surface area contributed by atoms with Crippen molar-refractivity contribution in [3.8, 4) is 11.5 Å². The smallest absolute Gasteiger partial charge is 0.191 e. The Hall–Kier alpha value is -1.80. The lowest BCUT2D eigenvalue weighted by Crippen LogP contribution is -2.49. The van der Waals surface area contributed by atoms with Gasteiger partial charge in [0, 0.05) is 44.3 Å². The topological polar surface area (TPSA) is 48.9 Å². The molecule has 0 saturated carbocycles. The Balaban J connectivity index is 0.00000300. The maximum Gasteiger partial charge on any atom is 0.191 e. The largest absolute Gasteiger partial charge is 0.457 e. The molecule has 1 heterocycles. The molecule has 0 atom stereocenters. The molecule has 0 bridgehead atoms. The van der Waals surface area contributed by atoms with Crippen LogP contribution in [0.2, 0.25) is 0 Å². The molecule has 0 spiro atoms. The summed E-state index contributed by atoms with van der Waals surface area (Å²) in [4.78, 5) is 6.94. The summed E-state index contributed by atoms with van der Waals surface area (Å²) < 4.78 is 6.05. The van der Waals surface area contributed by atoms with E-state index in [0.717, 1.165) is 49.0 Å². The lowest BCUT2D eigenvalue weighted by atomic mass is 10.0. The van der Waals surface area contributed by atoms with E-state index in [-0.39, 0.29) is 24.0 Å². The zero-order valence-corrected chi connectivity index (χ0v) is 19.9. The third-order valence-corrected chi connectivity index (χ3v) is 5.21. The highest BCUT2D eigenvalue weighted by molar-refractivity contribution is 14.0. The van der Waals surface area contributed by atoms with E-state index >= 15 is 0 Å². The van der Waals surface area contributed by atoms with Crippen molar-refractivity contribution < 1.29 is 4.74 Å². The summed E-state index contributed by atoms with van der Waals surface area (Å²) >= 11 is 0. The zero-order chi connectivity index (χ0) is 19.8. The van der Waals surface area contributed by atoms with Gasteiger partial charge in [0.2, 0.25) is 0 Å². The van der Waals surface area contributed by atoms with Crippen LogP contribution < -0.4 is 15.4 Å². The SMILES string of the molecule is CN=C(NCc1ccccc1Oc1ccccc1)NC1CCN(C(C)C)CC1.I. The molecule has 1 aliphatic rings. The van der Waals surface area contributed by atoms with Crippen LogP contribution in [0.15, 0.2) is 59.6 Å². The molecule has 2 aromatic carbocycles. The first kappa shape index (κ1) is 23.5. The number of hydrogen-bond acceptors (Lipinski definition) is 3. The van der Waals surface area contributed by atoms with Crippen LogP contribution in [0, 0.1) is 0 Å². The molecular formula is C23H33IN4O. The van der Waals surface area contributed by atoms with E-state index in [1.165, 1.54) is 0 Å². The van der Waals surface area contributed by atoms with Gasteiger partial charge in [-0.2, -0.15) is 0 Å². The van der Waals surface area contributed by atoms with E-state index in [1.807, 2.05) is 55.6 Å². The fraction of sp³-hybridized carbons (Fsp3) is 0.435. The van der Waals surface area contributed by atoms with E-state index < -0.39 is 0 Å². The Morgan fingerprint density at radius 1 is 1.07 bits per heavy atom. The van der Waals surface area contributed by atoms with Crippen molar-refractivity contribution in [2.24, 2.45) is 4.99 Å². The van der Waals surface area contributed by atoms with E-state index in [1.54, 1.807) is 0 Å². The Bertz CT molecular complexity index is 758. The Morgan fingerprint density at radius 3 is 2.38 bits per heavy atom. The molecule has 1 aliphatic heterocycles. The predicted octanol–water partition coefficient (Wildman–Crippen LogP) is 4.63. The van der Waals surface area contributed by atoms with Gasteiger partial charge >= 0.3 is 0 Å². The minimum absolute atomic E-state index is 0. The number of rotatable bonds is 6. The van der Waals surface area contributed by atoms with Crippen LogP contribution in [0.1, 0.15) is 32.3 Å². The first-order chi connectivity index (χ1) is 13.7.